The fourth-order valence-corrected chi connectivity index (χ4v) is 3.43. The molecule has 0 aliphatic carbocycles. The summed E-state index contributed by atoms with van der Waals surface area (Å²) in [7, 11) is 0. The van der Waals surface area contributed by atoms with Crippen molar-refractivity contribution < 1.29 is 14.6 Å². The maximum absolute atomic E-state index is 12.7. The third-order valence-corrected chi connectivity index (χ3v) is 4.80. The van der Waals surface area contributed by atoms with E-state index in [0.717, 1.165) is 23.9 Å². The van der Waals surface area contributed by atoms with Gasteiger partial charge < -0.3 is 19.6 Å². The molecule has 0 radical (unpaired) electrons. The van der Waals surface area contributed by atoms with Gasteiger partial charge in [0.1, 0.15) is 12.2 Å². The summed E-state index contributed by atoms with van der Waals surface area (Å²) in [4.78, 5) is 25.3. The molecule has 24 heavy (non-hydrogen) atoms. The van der Waals surface area contributed by atoms with Crippen molar-refractivity contribution in [3.05, 3.63) is 35.0 Å². The summed E-state index contributed by atoms with van der Waals surface area (Å²) in [5.74, 6) is 0.181. The Labute approximate surface area is 144 Å². The number of aryl methyl sites for hydroxylation is 1. The molecule has 0 unspecified atom stereocenters. The second kappa shape index (κ2) is 7.59. The molecule has 3 heterocycles. The summed E-state index contributed by atoms with van der Waals surface area (Å²) >= 11 is 1.63. The van der Waals surface area contributed by atoms with E-state index in [-0.39, 0.29) is 25.0 Å². The van der Waals surface area contributed by atoms with Gasteiger partial charge in [-0.1, -0.05) is 0 Å². The number of hydrogen-bond acceptors (Lipinski definition) is 7. The number of piperazine rings is 1. The van der Waals surface area contributed by atoms with E-state index in [1.165, 1.54) is 0 Å². The zero-order valence-corrected chi connectivity index (χ0v) is 14.3. The summed E-state index contributed by atoms with van der Waals surface area (Å²) in [5.41, 5.74) is 1.46. The van der Waals surface area contributed by atoms with Crippen LogP contribution in [0.15, 0.2) is 23.7 Å². The first kappa shape index (κ1) is 16.7. The summed E-state index contributed by atoms with van der Waals surface area (Å²) in [6.07, 6.45) is 1.58. The maximum Gasteiger partial charge on any atom is 0.259 e. The van der Waals surface area contributed by atoms with Crippen LogP contribution in [0.25, 0.3) is 0 Å². The predicted octanol–water partition coefficient (Wildman–Crippen LogP) is 1.18. The lowest BCUT2D eigenvalue weighted by Crippen LogP contribution is -2.48. The van der Waals surface area contributed by atoms with Gasteiger partial charge in [-0.15, -0.1) is 11.3 Å². The molecule has 0 aromatic carbocycles. The Hall–Kier alpha value is -2.19. The molecule has 1 aliphatic heterocycles. The topological polar surface area (TPSA) is 78.8 Å². The quantitative estimate of drug-likeness (QED) is 0.874. The van der Waals surface area contributed by atoms with E-state index < -0.39 is 0 Å². The average Bonchev–Trinajstić information content (AvgIpc) is 3.06. The number of anilines is 1. The first-order valence-corrected chi connectivity index (χ1v) is 8.72. The number of thiazole rings is 1. The second-order valence-corrected chi connectivity index (χ2v) is 6.32. The number of carbonyl (C=O) groups is 1. The van der Waals surface area contributed by atoms with E-state index in [9.17, 15) is 4.79 Å². The Morgan fingerprint density at radius 2 is 2.17 bits per heavy atom. The highest BCUT2D eigenvalue weighted by Gasteiger charge is 2.25. The van der Waals surface area contributed by atoms with E-state index in [1.807, 2.05) is 12.3 Å². The van der Waals surface area contributed by atoms with Crippen molar-refractivity contribution in [3.8, 4) is 5.88 Å². The number of carbonyl (C=O) groups excluding carboxylic acids is 1. The monoisotopic (exact) mass is 348 g/mol. The highest BCUT2D eigenvalue weighted by Crippen LogP contribution is 2.23. The summed E-state index contributed by atoms with van der Waals surface area (Å²) in [5, 5.41) is 11.9. The summed E-state index contributed by atoms with van der Waals surface area (Å²) < 4.78 is 5.36. The fourth-order valence-electron chi connectivity index (χ4n) is 2.57. The summed E-state index contributed by atoms with van der Waals surface area (Å²) in [6, 6.07) is 3.42. The van der Waals surface area contributed by atoms with E-state index >= 15 is 0 Å². The third kappa shape index (κ3) is 3.65. The largest absolute Gasteiger partial charge is 0.475 e. The van der Waals surface area contributed by atoms with Gasteiger partial charge in [0, 0.05) is 37.8 Å². The van der Waals surface area contributed by atoms with Crippen molar-refractivity contribution in [2.45, 2.75) is 6.92 Å². The van der Waals surface area contributed by atoms with Crippen molar-refractivity contribution in [1.29, 1.82) is 0 Å². The molecule has 8 heteroatoms. The van der Waals surface area contributed by atoms with E-state index in [0.29, 0.717) is 18.7 Å². The molecule has 1 N–H and O–H groups in total. The molecule has 7 nitrogen and oxygen atoms in total. The van der Waals surface area contributed by atoms with Gasteiger partial charge in [-0.25, -0.2) is 9.97 Å². The highest BCUT2D eigenvalue weighted by atomic mass is 32.1. The van der Waals surface area contributed by atoms with Crippen LogP contribution in [0.2, 0.25) is 0 Å². The number of ether oxygens (including phenoxy) is 1. The smallest absolute Gasteiger partial charge is 0.259 e. The van der Waals surface area contributed by atoms with Gasteiger partial charge >= 0.3 is 0 Å². The van der Waals surface area contributed by atoms with Gasteiger partial charge in [-0.3, -0.25) is 4.79 Å². The van der Waals surface area contributed by atoms with Crippen LogP contribution in [0.4, 0.5) is 5.13 Å². The number of amides is 1. The number of hydrogen-bond donors (Lipinski definition) is 1. The van der Waals surface area contributed by atoms with Crippen molar-refractivity contribution in [2.75, 3.05) is 44.3 Å². The zero-order valence-electron chi connectivity index (χ0n) is 13.5. The average molecular weight is 348 g/mol. The van der Waals surface area contributed by atoms with Gasteiger partial charge in [0.05, 0.1) is 12.3 Å². The Morgan fingerprint density at radius 3 is 2.83 bits per heavy atom. The minimum Gasteiger partial charge on any atom is -0.475 e. The lowest BCUT2D eigenvalue weighted by atomic mass is 10.2. The van der Waals surface area contributed by atoms with Crippen LogP contribution in [0.1, 0.15) is 16.1 Å². The first-order chi connectivity index (χ1) is 11.7. The highest BCUT2D eigenvalue weighted by molar-refractivity contribution is 7.13. The Morgan fingerprint density at radius 1 is 1.38 bits per heavy atom. The number of aromatic nitrogens is 2. The molecule has 0 saturated carbocycles. The number of nitrogens with zero attached hydrogens (tertiary/aromatic N) is 4. The Balaban J connectivity index is 1.65. The molecule has 128 valence electrons. The van der Waals surface area contributed by atoms with Gasteiger partial charge in [0.25, 0.3) is 5.91 Å². The first-order valence-electron chi connectivity index (χ1n) is 7.84. The lowest BCUT2D eigenvalue weighted by Gasteiger charge is -2.34. The minimum absolute atomic E-state index is 0.0917. The van der Waals surface area contributed by atoms with Crippen LogP contribution < -0.4 is 9.64 Å². The van der Waals surface area contributed by atoms with Crippen molar-refractivity contribution in [1.82, 2.24) is 14.9 Å². The maximum atomic E-state index is 12.7. The van der Waals surface area contributed by atoms with Crippen LogP contribution >= 0.6 is 11.3 Å². The molecule has 0 spiro atoms. The van der Waals surface area contributed by atoms with Crippen LogP contribution in [0.5, 0.6) is 5.88 Å². The van der Waals surface area contributed by atoms with Crippen molar-refractivity contribution in [2.24, 2.45) is 0 Å². The van der Waals surface area contributed by atoms with Crippen LogP contribution in [-0.2, 0) is 0 Å². The van der Waals surface area contributed by atoms with Crippen molar-refractivity contribution in [3.63, 3.8) is 0 Å². The zero-order chi connectivity index (χ0) is 16.9. The standard InChI is InChI=1S/C16H20N4O3S/c1-12-11-24-16(18-12)20-7-5-19(6-8-20)15(22)13-3-2-4-17-14(13)23-10-9-21/h2-4,11,21H,5-10H2,1H3. The van der Waals surface area contributed by atoms with E-state index in [1.54, 1.807) is 34.6 Å². The number of aliphatic hydroxyl groups excluding tert-OH is 1. The predicted molar refractivity (Wildman–Crippen MR) is 91.8 cm³/mol. The molecule has 2 aromatic heterocycles. The molecule has 1 aliphatic rings. The van der Waals surface area contributed by atoms with Gasteiger partial charge in [-0.2, -0.15) is 0 Å². The second-order valence-electron chi connectivity index (χ2n) is 5.48. The molecular weight excluding hydrogens is 328 g/mol. The fraction of sp³-hybridized carbons (Fsp3) is 0.438. The molecular formula is C16H20N4O3S. The summed E-state index contributed by atoms with van der Waals surface area (Å²) in [6.45, 7) is 4.76. The number of pyridine rings is 1. The van der Waals surface area contributed by atoms with E-state index in [4.69, 9.17) is 9.84 Å². The van der Waals surface area contributed by atoms with Crippen molar-refractivity contribution >= 4 is 22.4 Å². The van der Waals surface area contributed by atoms with Gasteiger partial charge in [-0.05, 0) is 19.1 Å². The Bertz CT molecular complexity index is 698. The van der Waals surface area contributed by atoms with Crippen LogP contribution in [-0.4, -0.2) is 65.3 Å². The molecule has 0 bridgehead atoms. The van der Waals surface area contributed by atoms with Gasteiger partial charge in [0.2, 0.25) is 5.88 Å². The molecule has 2 aromatic rings. The third-order valence-electron chi connectivity index (χ3n) is 3.78. The molecule has 1 saturated heterocycles. The molecule has 1 fully saturated rings. The Kier molecular flexibility index (Phi) is 5.27. The van der Waals surface area contributed by atoms with Gasteiger partial charge in [0.15, 0.2) is 5.13 Å². The normalized spacial score (nSPS) is 14.8. The molecule has 0 atom stereocenters. The number of aliphatic hydroxyl groups is 1. The number of rotatable bonds is 5. The lowest BCUT2D eigenvalue weighted by molar-refractivity contribution is 0.0739. The SMILES string of the molecule is Cc1csc(N2CCN(C(=O)c3cccnc3OCCO)CC2)n1. The van der Waals surface area contributed by atoms with E-state index in [2.05, 4.69) is 14.9 Å². The van der Waals surface area contributed by atoms with Crippen LogP contribution in [0.3, 0.4) is 0 Å². The van der Waals surface area contributed by atoms with Crippen LogP contribution in [0, 0.1) is 6.92 Å². The minimum atomic E-state index is -0.115. The molecule has 3 rings (SSSR count). The molecule has 1 amide bonds.